The van der Waals surface area contributed by atoms with Gasteiger partial charge in [0.05, 0.1) is 4.90 Å². The summed E-state index contributed by atoms with van der Waals surface area (Å²) < 4.78 is 72.0. The minimum Gasteiger partial charge on any atom is -0.460 e. The van der Waals surface area contributed by atoms with Gasteiger partial charge in [-0.15, -0.1) is 0 Å². The largest absolute Gasteiger partial charge is 0.460 e. The number of nitrogens with zero attached hydrogens (tertiary/aromatic N) is 1. The Morgan fingerprint density at radius 3 is 2.29 bits per heavy atom. The van der Waals surface area contributed by atoms with E-state index in [2.05, 4.69) is 4.72 Å². The number of carbonyl (C=O) groups excluding carboxylic acids is 1. The maximum atomic E-state index is 13.9. The Balaban J connectivity index is 2.17. The summed E-state index contributed by atoms with van der Waals surface area (Å²) >= 11 is 0. The Morgan fingerprint density at radius 1 is 1.06 bits per heavy atom. The molecule has 2 aromatic carbocycles. The zero-order valence-corrected chi connectivity index (χ0v) is 19.2. The Hall–Kier alpha value is -2.34. The van der Waals surface area contributed by atoms with E-state index in [9.17, 15) is 26.0 Å². The van der Waals surface area contributed by atoms with Crippen molar-refractivity contribution < 1.29 is 30.8 Å². The maximum absolute atomic E-state index is 13.9. The summed E-state index contributed by atoms with van der Waals surface area (Å²) in [4.78, 5) is 12.0. The number of benzene rings is 2. The molecule has 1 N–H and O–H groups in total. The van der Waals surface area contributed by atoms with Crippen LogP contribution in [0.2, 0.25) is 0 Å². The molecule has 0 aliphatic heterocycles. The standard InChI is InChI=1S/C20H25FN2O6S2/c1-14(2)19(22-30(25,26)18-11-6-5-10-17(18)21)20(24)29-13-15-8-7-9-16(12-15)31(27,28)23(3)4/h5-12,14,19,22H,13H2,1-4H3. The van der Waals surface area contributed by atoms with Gasteiger partial charge in [-0.2, -0.15) is 4.72 Å². The van der Waals surface area contributed by atoms with Crippen molar-refractivity contribution in [1.82, 2.24) is 9.03 Å². The molecule has 0 saturated carbocycles. The van der Waals surface area contributed by atoms with Crippen LogP contribution >= 0.6 is 0 Å². The number of carbonyl (C=O) groups is 1. The number of nitrogens with one attached hydrogen (secondary N) is 1. The third kappa shape index (κ3) is 6.10. The molecule has 0 amide bonds. The fourth-order valence-electron chi connectivity index (χ4n) is 2.60. The molecule has 2 rings (SSSR count). The zero-order chi connectivity index (χ0) is 23.4. The van der Waals surface area contributed by atoms with Crippen LogP contribution in [0.4, 0.5) is 4.39 Å². The van der Waals surface area contributed by atoms with Gasteiger partial charge in [0.1, 0.15) is 23.4 Å². The van der Waals surface area contributed by atoms with Crippen molar-refractivity contribution in [2.24, 2.45) is 5.92 Å². The predicted octanol–water partition coefficient (Wildman–Crippen LogP) is 2.12. The summed E-state index contributed by atoms with van der Waals surface area (Å²) in [7, 11) is -5.17. The van der Waals surface area contributed by atoms with Crippen LogP contribution < -0.4 is 4.72 Å². The van der Waals surface area contributed by atoms with Crippen molar-refractivity contribution in [1.29, 1.82) is 0 Å². The first-order valence-electron chi connectivity index (χ1n) is 9.31. The molecule has 0 radical (unpaired) electrons. The number of sulfonamides is 2. The fraction of sp³-hybridized carbons (Fsp3) is 0.350. The molecular weight excluding hydrogens is 447 g/mol. The maximum Gasteiger partial charge on any atom is 0.324 e. The fourth-order valence-corrected chi connectivity index (χ4v) is 4.99. The van der Waals surface area contributed by atoms with Crippen LogP contribution in [0.5, 0.6) is 0 Å². The lowest BCUT2D eigenvalue weighted by Crippen LogP contribution is -2.45. The molecule has 11 heteroatoms. The summed E-state index contributed by atoms with van der Waals surface area (Å²) in [6, 6.07) is 9.44. The van der Waals surface area contributed by atoms with Crippen molar-refractivity contribution in [3.05, 3.63) is 59.9 Å². The van der Waals surface area contributed by atoms with Gasteiger partial charge in [0.25, 0.3) is 0 Å². The van der Waals surface area contributed by atoms with Crippen LogP contribution in [0.3, 0.4) is 0 Å². The van der Waals surface area contributed by atoms with E-state index in [-0.39, 0.29) is 11.5 Å². The highest BCUT2D eigenvalue weighted by molar-refractivity contribution is 7.89. The van der Waals surface area contributed by atoms with Crippen molar-refractivity contribution in [3.8, 4) is 0 Å². The minimum absolute atomic E-state index is 0.0340. The van der Waals surface area contributed by atoms with Crippen molar-refractivity contribution >= 4 is 26.0 Å². The lowest BCUT2D eigenvalue weighted by molar-refractivity contribution is -0.148. The molecule has 0 bridgehead atoms. The average Bonchev–Trinajstić information content (AvgIpc) is 2.70. The molecule has 31 heavy (non-hydrogen) atoms. The topological polar surface area (TPSA) is 110 Å². The van der Waals surface area contributed by atoms with E-state index < -0.39 is 48.7 Å². The normalized spacial score (nSPS) is 13.4. The first kappa shape index (κ1) is 24.9. The first-order chi connectivity index (χ1) is 14.4. The molecule has 0 saturated heterocycles. The smallest absolute Gasteiger partial charge is 0.324 e. The van der Waals surface area contributed by atoms with Crippen molar-refractivity contribution in [2.75, 3.05) is 14.1 Å². The minimum atomic E-state index is -4.31. The molecule has 2 aromatic rings. The van der Waals surface area contributed by atoms with Gasteiger partial charge in [0.2, 0.25) is 20.0 Å². The molecule has 0 aliphatic carbocycles. The number of hydrogen-bond donors (Lipinski definition) is 1. The molecule has 0 aromatic heterocycles. The lowest BCUT2D eigenvalue weighted by atomic mass is 10.1. The second kappa shape index (κ2) is 9.86. The van der Waals surface area contributed by atoms with Crippen LogP contribution in [0, 0.1) is 11.7 Å². The van der Waals surface area contributed by atoms with E-state index in [0.29, 0.717) is 5.56 Å². The lowest BCUT2D eigenvalue weighted by Gasteiger charge is -2.21. The van der Waals surface area contributed by atoms with Crippen LogP contribution in [-0.2, 0) is 36.2 Å². The van der Waals surface area contributed by atoms with Gasteiger partial charge in [0, 0.05) is 14.1 Å². The first-order valence-corrected chi connectivity index (χ1v) is 12.2. The van der Waals surface area contributed by atoms with Crippen LogP contribution in [0.15, 0.2) is 58.3 Å². The molecule has 0 fully saturated rings. The van der Waals surface area contributed by atoms with E-state index >= 15 is 0 Å². The highest BCUT2D eigenvalue weighted by atomic mass is 32.2. The monoisotopic (exact) mass is 472 g/mol. The highest BCUT2D eigenvalue weighted by Gasteiger charge is 2.31. The summed E-state index contributed by atoms with van der Waals surface area (Å²) in [5.41, 5.74) is 0.413. The second-order valence-corrected chi connectivity index (χ2v) is 11.2. The van der Waals surface area contributed by atoms with Gasteiger partial charge in [-0.05, 0) is 35.7 Å². The quantitative estimate of drug-likeness (QED) is 0.560. The molecule has 1 unspecified atom stereocenters. The number of ether oxygens (including phenoxy) is 1. The van der Waals surface area contributed by atoms with Crippen LogP contribution in [0.25, 0.3) is 0 Å². The highest BCUT2D eigenvalue weighted by Crippen LogP contribution is 2.18. The van der Waals surface area contributed by atoms with Gasteiger partial charge < -0.3 is 4.74 Å². The van der Waals surface area contributed by atoms with E-state index in [1.165, 1.54) is 44.4 Å². The number of hydrogen-bond acceptors (Lipinski definition) is 6. The third-order valence-electron chi connectivity index (χ3n) is 4.39. The van der Waals surface area contributed by atoms with Crippen molar-refractivity contribution in [3.63, 3.8) is 0 Å². The molecule has 0 aliphatic rings. The van der Waals surface area contributed by atoms with Gasteiger partial charge in [-0.3, -0.25) is 4.79 Å². The van der Waals surface area contributed by atoms with E-state index in [1.54, 1.807) is 19.9 Å². The average molecular weight is 473 g/mol. The summed E-state index contributed by atoms with van der Waals surface area (Å²) in [5, 5.41) is 0. The molecule has 0 heterocycles. The van der Waals surface area contributed by atoms with Crippen molar-refractivity contribution in [2.45, 2.75) is 36.3 Å². The Kier molecular flexibility index (Phi) is 7.93. The molecule has 170 valence electrons. The molecule has 1 atom stereocenters. The van der Waals surface area contributed by atoms with E-state index in [4.69, 9.17) is 4.74 Å². The number of halogens is 1. The number of esters is 1. The SMILES string of the molecule is CC(C)C(NS(=O)(=O)c1ccccc1F)C(=O)OCc1cccc(S(=O)(=O)N(C)C)c1. The number of rotatable bonds is 9. The molecular formula is C20H25FN2O6S2. The zero-order valence-electron chi connectivity index (χ0n) is 17.6. The van der Waals surface area contributed by atoms with Gasteiger partial charge >= 0.3 is 5.97 Å². The summed E-state index contributed by atoms with van der Waals surface area (Å²) in [6.07, 6.45) is 0. The summed E-state index contributed by atoms with van der Waals surface area (Å²) in [5.74, 6) is -2.30. The van der Waals surface area contributed by atoms with E-state index in [1.807, 2.05) is 0 Å². The Morgan fingerprint density at radius 2 is 1.71 bits per heavy atom. The van der Waals surface area contributed by atoms with Gasteiger partial charge in [-0.1, -0.05) is 38.1 Å². The van der Waals surface area contributed by atoms with Crippen LogP contribution in [-0.4, -0.2) is 47.2 Å². The van der Waals surface area contributed by atoms with Gasteiger partial charge in [-0.25, -0.2) is 25.5 Å². The third-order valence-corrected chi connectivity index (χ3v) is 7.67. The molecule has 8 nitrogen and oxygen atoms in total. The van der Waals surface area contributed by atoms with Gasteiger partial charge in [0.15, 0.2) is 0 Å². The summed E-state index contributed by atoms with van der Waals surface area (Å²) in [6.45, 7) is 2.96. The Labute approximate surface area is 182 Å². The molecule has 0 spiro atoms. The Bertz CT molecular complexity index is 1150. The predicted molar refractivity (Wildman–Crippen MR) is 112 cm³/mol. The van der Waals surface area contributed by atoms with E-state index in [0.717, 1.165) is 16.4 Å². The second-order valence-electron chi connectivity index (χ2n) is 7.32. The van der Waals surface area contributed by atoms with Crippen LogP contribution in [0.1, 0.15) is 19.4 Å².